The molecule has 2 aromatic rings. The fraction of sp³-hybridized carbons (Fsp3) is 0.0714. The molecule has 0 radical (unpaired) electrons. The molecule has 19 heavy (non-hydrogen) atoms. The van der Waals surface area contributed by atoms with Gasteiger partial charge in [-0.3, -0.25) is 4.79 Å². The zero-order valence-electron chi connectivity index (χ0n) is 9.86. The van der Waals surface area contributed by atoms with Crippen molar-refractivity contribution in [2.24, 2.45) is 0 Å². The van der Waals surface area contributed by atoms with Gasteiger partial charge >= 0.3 is 0 Å². The molecule has 0 unspecified atom stereocenters. The number of carbonyl (C=O) groups excluding carboxylic acids is 1. The van der Waals surface area contributed by atoms with Crippen molar-refractivity contribution in [2.75, 3.05) is 10.6 Å². The summed E-state index contributed by atoms with van der Waals surface area (Å²) in [4.78, 5) is 14.0. The first-order valence-electron chi connectivity index (χ1n) is 5.73. The van der Waals surface area contributed by atoms with Crippen molar-refractivity contribution in [3.05, 3.63) is 57.6 Å². The van der Waals surface area contributed by atoms with Crippen molar-refractivity contribution < 1.29 is 4.79 Å². The first kappa shape index (κ1) is 12.3. The van der Waals surface area contributed by atoms with Crippen LogP contribution in [0.3, 0.4) is 0 Å². The average molecular weight is 293 g/mol. The van der Waals surface area contributed by atoms with E-state index in [4.69, 9.17) is 28.9 Å². The van der Waals surface area contributed by atoms with E-state index in [1.165, 1.54) is 0 Å². The lowest BCUT2D eigenvalue weighted by atomic mass is 10.1. The van der Waals surface area contributed by atoms with Gasteiger partial charge in [-0.25, -0.2) is 0 Å². The molecule has 0 aliphatic carbocycles. The minimum Gasteiger partial charge on any atom is -0.398 e. The first-order chi connectivity index (χ1) is 9.09. The number of carbonyl (C=O) groups is 1. The van der Waals surface area contributed by atoms with Crippen molar-refractivity contribution in [3.8, 4) is 0 Å². The van der Waals surface area contributed by atoms with Gasteiger partial charge in [-0.15, -0.1) is 0 Å². The Morgan fingerprint density at radius 1 is 1.11 bits per heavy atom. The molecule has 2 N–H and O–H groups in total. The molecule has 0 bridgehead atoms. The van der Waals surface area contributed by atoms with Crippen LogP contribution in [0.15, 0.2) is 36.4 Å². The quantitative estimate of drug-likeness (QED) is 0.814. The highest BCUT2D eigenvalue weighted by Crippen LogP contribution is 2.38. The Morgan fingerprint density at radius 2 is 1.84 bits per heavy atom. The van der Waals surface area contributed by atoms with Crippen LogP contribution in [0, 0.1) is 0 Å². The average Bonchev–Trinajstić information content (AvgIpc) is 2.72. The number of nitrogens with two attached hydrogens (primary N) is 1. The lowest BCUT2D eigenvalue weighted by molar-refractivity contribution is 0.0996. The van der Waals surface area contributed by atoms with E-state index < -0.39 is 0 Å². The summed E-state index contributed by atoms with van der Waals surface area (Å²) in [5.41, 5.74) is 8.59. The highest BCUT2D eigenvalue weighted by atomic mass is 35.5. The van der Waals surface area contributed by atoms with Crippen molar-refractivity contribution in [2.45, 2.75) is 6.54 Å². The Hall–Kier alpha value is -1.71. The number of hydrogen-bond acceptors (Lipinski definition) is 2. The van der Waals surface area contributed by atoms with E-state index in [0.29, 0.717) is 33.5 Å². The van der Waals surface area contributed by atoms with Crippen molar-refractivity contribution in [1.29, 1.82) is 0 Å². The van der Waals surface area contributed by atoms with Crippen LogP contribution in [0.25, 0.3) is 0 Å². The number of fused-ring (bicyclic) bond motifs is 1. The van der Waals surface area contributed by atoms with Gasteiger partial charge in [0.15, 0.2) is 0 Å². The summed E-state index contributed by atoms with van der Waals surface area (Å²) in [5, 5.41) is 0.805. The van der Waals surface area contributed by atoms with Crippen LogP contribution in [0.2, 0.25) is 10.0 Å². The highest BCUT2D eigenvalue weighted by molar-refractivity contribution is 6.44. The molecule has 0 saturated carbocycles. The number of rotatable bonds is 1. The topological polar surface area (TPSA) is 46.3 Å². The molecule has 0 spiro atoms. The number of nitrogen functional groups attached to an aromatic ring is 1. The van der Waals surface area contributed by atoms with Crippen molar-refractivity contribution in [3.63, 3.8) is 0 Å². The number of anilines is 2. The van der Waals surface area contributed by atoms with Crippen molar-refractivity contribution >= 4 is 40.5 Å². The predicted molar refractivity (Wildman–Crippen MR) is 77.8 cm³/mol. The lowest BCUT2D eigenvalue weighted by Gasteiger charge is -2.17. The Labute approximate surface area is 120 Å². The maximum Gasteiger partial charge on any atom is 0.259 e. The maximum absolute atomic E-state index is 12.4. The molecule has 0 atom stereocenters. The smallest absolute Gasteiger partial charge is 0.259 e. The SMILES string of the molecule is Nc1cccc2c1CN(c1cccc(Cl)c1Cl)C2=O. The van der Waals surface area contributed by atoms with Crippen LogP contribution < -0.4 is 10.6 Å². The summed E-state index contributed by atoms with van der Waals surface area (Å²) in [6, 6.07) is 10.6. The van der Waals surface area contributed by atoms with E-state index in [0.717, 1.165) is 5.56 Å². The third-order valence-corrected chi connectivity index (χ3v) is 4.03. The van der Waals surface area contributed by atoms with Gasteiger partial charge in [0.25, 0.3) is 5.91 Å². The summed E-state index contributed by atoms with van der Waals surface area (Å²) in [6.45, 7) is 0.418. The number of halogens is 2. The third kappa shape index (κ3) is 1.86. The second-order valence-electron chi connectivity index (χ2n) is 4.34. The summed E-state index contributed by atoms with van der Waals surface area (Å²) < 4.78 is 0. The van der Waals surface area contributed by atoms with Crippen molar-refractivity contribution in [1.82, 2.24) is 0 Å². The second-order valence-corrected chi connectivity index (χ2v) is 5.12. The molecular formula is C14H10Cl2N2O. The normalized spacial score (nSPS) is 13.8. The second kappa shape index (κ2) is 4.44. The summed E-state index contributed by atoms with van der Waals surface area (Å²) in [5.74, 6) is -0.105. The Kier molecular flexibility index (Phi) is 2.88. The largest absolute Gasteiger partial charge is 0.398 e. The number of hydrogen-bond donors (Lipinski definition) is 1. The van der Waals surface area contributed by atoms with Crippen LogP contribution in [-0.2, 0) is 6.54 Å². The van der Waals surface area contributed by atoms with Crippen LogP contribution in [0.4, 0.5) is 11.4 Å². The molecule has 0 fully saturated rings. The van der Waals surface area contributed by atoms with E-state index in [2.05, 4.69) is 0 Å². The standard InChI is InChI=1S/C14H10Cl2N2O/c15-10-4-2-6-12(13(10)16)18-7-9-8(14(18)19)3-1-5-11(9)17/h1-6H,7,17H2. The summed E-state index contributed by atoms with van der Waals surface area (Å²) in [7, 11) is 0. The van der Waals surface area contributed by atoms with Gasteiger partial charge in [-0.1, -0.05) is 35.3 Å². The Balaban J connectivity index is 2.09. The molecule has 1 heterocycles. The summed E-state index contributed by atoms with van der Waals surface area (Å²) >= 11 is 12.2. The zero-order chi connectivity index (χ0) is 13.6. The van der Waals surface area contributed by atoms with Crippen LogP contribution >= 0.6 is 23.2 Å². The van der Waals surface area contributed by atoms with Gasteiger partial charge in [0, 0.05) is 16.8 Å². The molecule has 1 aliphatic heterocycles. The van der Waals surface area contributed by atoms with Gasteiger partial charge in [0.05, 0.1) is 22.3 Å². The highest BCUT2D eigenvalue weighted by Gasteiger charge is 2.31. The number of nitrogens with zero attached hydrogens (tertiary/aromatic N) is 1. The molecule has 2 aromatic carbocycles. The van der Waals surface area contributed by atoms with Gasteiger partial charge in [-0.2, -0.15) is 0 Å². The van der Waals surface area contributed by atoms with E-state index in [1.54, 1.807) is 41.3 Å². The molecule has 1 aliphatic rings. The van der Waals surface area contributed by atoms with Crippen LogP contribution in [0.1, 0.15) is 15.9 Å². The van der Waals surface area contributed by atoms with Crippen LogP contribution in [0.5, 0.6) is 0 Å². The maximum atomic E-state index is 12.4. The molecule has 96 valence electrons. The van der Waals surface area contributed by atoms with Gasteiger partial charge in [0.2, 0.25) is 0 Å². The monoisotopic (exact) mass is 292 g/mol. The van der Waals surface area contributed by atoms with E-state index in [-0.39, 0.29) is 5.91 Å². The lowest BCUT2D eigenvalue weighted by Crippen LogP contribution is -2.23. The fourth-order valence-electron chi connectivity index (χ4n) is 2.25. The van der Waals surface area contributed by atoms with Gasteiger partial charge in [0.1, 0.15) is 0 Å². The molecule has 3 rings (SSSR count). The zero-order valence-corrected chi connectivity index (χ0v) is 11.4. The Bertz CT molecular complexity index is 685. The van der Waals surface area contributed by atoms with E-state index in [9.17, 15) is 4.79 Å². The first-order valence-corrected chi connectivity index (χ1v) is 6.48. The van der Waals surface area contributed by atoms with E-state index in [1.807, 2.05) is 0 Å². The minimum absolute atomic E-state index is 0.105. The fourth-order valence-corrected chi connectivity index (χ4v) is 2.65. The summed E-state index contributed by atoms with van der Waals surface area (Å²) in [6.07, 6.45) is 0. The van der Waals surface area contributed by atoms with Gasteiger partial charge < -0.3 is 10.6 Å². The molecule has 0 aromatic heterocycles. The molecule has 3 nitrogen and oxygen atoms in total. The third-order valence-electron chi connectivity index (χ3n) is 3.23. The molecule has 0 saturated heterocycles. The Morgan fingerprint density at radius 3 is 2.58 bits per heavy atom. The predicted octanol–water partition coefficient (Wildman–Crippen LogP) is 3.74. The van der Waals surface area contributed by atoms with E-state index >= 15 is 0 Å². The number of benzene rings is 2. The molecule has 1 amide bonds. The van der Waals surface area contributed by atoms with Gasteiger partial charge in [-0.05, 0) is 24.3 Å². The molecular weight excluding hydrogens is 283 g/mol. The minimum atomic E-state index is -0.105. The van der Waals surface area contributed by atoms with Crippen LogP contribution in [-0.4, -0.2) is 5.91 Å². The molecule has 5 heteroatoms. The number of amides is 1.